The molecule has 0 bridgehead atoms. The molecule has 0 saturated heterocycles. The van der Waals surface area contributed by atoms with Gasteiger partial charge in [0.25, 0.3) is 0 Å². The van der Waals surface area contributed by atoms with E-state index in [1.807, 2.05) is 24.3 Å². The first-order valence-corrected chi connectivity index (χ1v) is 6.59. The topological polar surface area (TPSA) is 45.0 Å². The summed E-state index contributed by atoms with van der Waals surface area (Å²) in [5, 5.41) is 12.5. The summed E-state index contributed by atoms with van der Waals surface area (Å²) in [6, 6.07) is 10.1. The van der Waals surface area contributed by atoms with Crippen molar-refractivity contribution >= 4 is 0 Å². The van der Waals surface area contributed by atoms with Gasteiger partial charge in [-0.25, -0.2) is 0 Å². The van der Waals surface area contributed by atoms with Crippen molar-refractivity contribution in [3.05, 3.63) is 29.8 Å². The molecule has 3 nitrogen and oxygen atoms in total. The van der Waals surface area contributed by atoms with Gasteiger partial charge in [0.1, 0.15) is 11.8 Å². The highest BCUT2D eigenvalue weighted by Crippen LogP contribution is 2.20. The van der Waals surface area contributed by atoms with Crippen LogP contribution >= 0.6 is 0 Å². The van der Waals surface area contributed by atoms with Gasteiger partial charge in [-0.15, -0.1) is 0 Å². The average Bonchev–Trinajstić information content (AvgIpc) is 2.42. The second kappa shape index (κ2) is 7.73. The summed E-state index contributed by atoms with van der Waals surface area (Å²) in [5.74, 6) is 0.834. The molecule has 2 atom stereocenters. The van der Waals surface area contributed by atoms with E-state index in [0.29, 0.717) is 12.6 Å². The van der Waals surface area contributed by atoms with Gasteiger partial charge in [0.15, 0.2) is 0 Å². The number of nitriles is 1. The fourth-order valence-corrected chi connectivity index (χ4v) is 1.61. The summed E-state index contributed by atoms with van der Waals surface area (Å²) in [6.07, 6.45) is 1.99. The largest absolute Gasteiger partial charge is 0.494 e. The molecular formula is C15H22N2O. The van der Waals surface area contributed by atoms with Crippen molar-refractivity contribution in [3.63, 3.8) is 0 Å². The van der Waals surface area contributed by atoms with Gasteiger partial charge in [0, 0.05) is 6.04 Å². The molecule has 0 saturated carbocycles. The molecule has 0 aromatic heterocycles. The van der Waals surface area contributed by atoms with Crippen LogP contribution in [-0.2, 0) is 0 Å². The van der Waals surface area contributed by atoms with E-state index < -0.39 is 0 Å². The molecule has 0 aliphatic heterocycles. The molecule has 18 heavy (non-hydrogen) atoms. The van der Waals surface area contributed by atoms with Gasteiger partial charge >= 0.3 is 0 Å². The summed E-state index contributed by atoms with van der Waals surface area (Å²) in [5.41, 5.74) is 0.964. The van der Waals surface area contributed by atoms with E-state index in [9.17, 15) is 5.26 Å². The number of nitrogens with one attached hydrogen (secondary N) is 1. The molecule has 1 aromatic carbocycles. The van der Waals surface area contributed by atoms with E-state index in [2.05, 4.69) is 32.2 Å². The van der Waals surface area contributed by atoms with E-state index in [-0.39, 0.29) is 6.04 Å². The van der Waals surface area contributed by atoms with Gasteiger partial charge in [-0.2, -0.15) is 5.26 Å². The Morgan fingerprint density at radius 1 is 1.39 bits per heavy atom. The minimum absolute atomic E-state index is 0.273. The van der Waals surface area contributed by atoms with Crippen molar-refractivity contribution in [2.45, 2.75) is 45.7 Å². The predicted octanol–water partition coefficient (Wildman–Crippen LogP) is 3.43. The number of rotatable bonds is 7. The first-order valence-electron chi connectivity index (χ1n) is 6.59. The first-order chi connectivity index (χ1) is 8.71. The van der Waals surface area contributed by atoms with Crippen molar-refractivity contribution in [2.24, 2.45) is 0 Å². The molecule has 0 amide bonds. The van der Waals surface area contributed by atoms with Crippen LogP contribution in [0.25, 0.3) is 0 Å². The zero-order chi connectivity index (χ0) is 13.4. The van der Waals surface area contributed by atoms with Gasteiger partial charge in [0.2, 0.25) is 0 Å². The lowest BCUT2D eigenvalue weighted by molar-refractivity contribution is 0.317. The van der Waals surface area contributed by atoms with E-state index in [0.717, 1.165) is 24.2 Å². The zero-order valence-corrected chi connectivity index (χ0v) is 11.4. The number of ether oxygens (including phenoxy) is 1. The molecule has 1 rings (SSSR count). The minimum Gasteiger partial charge on any atom is -0.494 e. The Balaban J connectivity index is 2.76. The quantitative estimate of drug-likeness (QED) is 0.801. The second-order valence-corrected chi connectivity index (χ2v) is 4.46. The van der Waals surface area contributed by atoms with Gasteiger partial charge in [-0.05, 0) is 37.5 Å². The second-order valence-electron chi connectivity index (χ2n) is 4.46. The van der Waals surface area contributed by atoms with E-state index >= 15 is 0 Å². The lowest BCUT2D eigenvalue weighted by Crippen LogP contribution is -2.29. The van der Waals surface area contributed by atoms with Crippen LogP contribution in [0.1, 0.15) is 45.2 Å². The Labute approximate surface area is 110 Å². The zero-order valence-electron chi connectivity index (χ0n) is 11.4. The summed E-state index contributed by atoms with van der Waals surface area (Å²) in [6.45, 7) is 6.97. The molecular weight excluding hydrogens is 224 g/mol. The van der Waals surface area contributed by atoms with Crippen molar-refractivity contribution in [1.82, 2.24) is 5.32 Å². The smallest absolute Gasteiger partial charge is 0.121 e. The van der Waals surface area contributed by atoms with Crippen LogP contribution < -0.4 is 10.1 Å². The maximum absolute atomic E-state index is 9.24. The SMILES string of the molecule is CCCOc1cccc(C(C#N)NC(C)CC)c1. The Morgan fingerprint density at radius 2 is 2.17 bits per heavy atom. The Morgan fingerprint density at radius 3 is 2.78 bits per heavy atom. The highest BCUT2D eigenvalue weighted by Gasteiger charge is 2.13. The fourth-order valence-electron chi connectivity index (χ4n) is 1.61. The van der Waals surface area contributed by atoms with Gasteiger partial charge < -0.3 is 4.74 Å². The summed E-state index contributed by atoms with van der Waals surface area (Å²) in [4.78, 5) is 0. The Bertz CT molecular complexity index is 398. The lowest BCUT2D eigenvalue weighted by Gasteiger charge is -2.17. The normalized spacial score (nSPS) is 13.7. The van der Waals surface area contributed by atoms with E-state index in [1.54, 1.807) is 0 Å². The minimum atomic E-state index is -0.273. The highest BCUT2D eigenvalue weighted by molar-refractivity contribution is 5.33. The molecule has 0 radical (unpaired) electrons. The van der Waals surface area contributed by atoms with Crippen molar-refractivity contribution in [1.29, 1.82) is 5.26 Å². The monoisotopic (exact) mass is 246 g/mol. The predicted molar refractivity (Wildman–Crippen MR) is 73.5 cm³/mol. The van der Waals surface area contributed by atoms with Crippen molar-refractivity contribution in [2.75, 3.05) is 6.61 Å². The summed E-state index contributed by atoms with van der Waals surface area (Å²) in [7, 11) is 0. The number of hydrogen-bond donors (Lipinski definition) is 1. The van der Waals surface area contributed by atoms with Crippen LogP contribution in [0.3, 0.4) is 0 Å². The van der Waals surface area contributed by atoms with Crippen LogP contribution in [-0.4, -0.2) is 12.6 Å². The van der Waals surface area contributed by atoms with Crippen LogP contribution in [0, 0.1) is 11.3 Å². The first kappa shape index (κ1) is 14.5. The molecule has 2 unspecified atom stereocenters. The van der Waals surface area contributed by atoms with Crippen LogP contribution in [0.5, 0.6) is 5.75 Å². The third-order valence-electron chi connectivity index (χ3n) is 2.86. The molecule has 0 heterocycles. The van der Waals surface area contributed by atoms with E-state index in [4.69, 9.17) is 4.74 Å². The maximum atomic E-state index is 9.24. The molecule has 3 heteroatoms. The third kappa shape index (κ3) is 4.38. The molecule has 98 valence electrons. The molecule has 0 aliphatic rings. The van der Waals surface area contributed by atoms with Gasteiger partial charge in [0.05, 0.1) is 12.7 Å². The van der Waals surface area contributed by atoms with E-state index in [1.165, 1.54) is 0 Å². The molecule has 0 aliphatic carbocycles. The number of hydrogen-bond acceptors (Lipinski definition) is 3. The molecule has 1 aromatic rings. The Kier molecular flexibility index (Phi) is 6.24. The van der Waals surface area contributed by atoms with Crippen LogP contribution in [0.2, 0.25) is 0 Å². The third-order valence-corrected chi connectivity index (χ3v) is 2.86. The fraction of sp³-hybridized carbons (Fsp3) is 0.533. The Hall–Kier alpha value is -1.53. The lowest BCUT2D eigenvalue weighted by atomic mass is 10.1. The molecule has 0 fully saturated rings. The van der Waals surface area contributed by atoms with Crippen molar-refractivity contribution < 1.29 is 4.74 Å². The highest BCUT2D eigenvalue weighted by atomic mass is 16.5. The molecule has 1 N–H and O–H groups in total. The number of nitrogens with zero attached hydrogens (tertiary/aromatic N) is 1. The standard InChI is InChI=1S/C15H22N2O/c1-4-9-18-14-8-6-7-13(10-14)15(11-16)17-12(3)5-2/h6-8,10,12,15,17H,4-5,9H2,1-3H3. The van der Waals surface area contributed by atoms with Crippen LogP contribution in [0.4, 0.5) is 0 Å². The summed E-state index contributed by atoms with van der Waals surface area (Å²) < 4.78 is 5.58. The number of benzene rings is 1. The maximum Gasteiger partial charge on any atom is 0.121 e. The average molecular weight is 246 g/mol. The van der Waals surface area contributed by atoms with Gasteiger partial charge in [-0.1, -0.05) is 26.0 Å². The van der Waals surface area contributed by atoms with Crippen LogP contribution in [0.15, 0.2) is 24.3 Å². The summed E-state index contributed by atoms with van der Waals surface area (Å²) >= 11 is 0. The molecule has 0 spiro atoms. The van der Waals surface area contributed by atoms with Crippen molar-refractivity contribution in [3.8, 4) is 11.8 Å². The van der Waals surface area contributed by atoms with Gasteiger partial charge in [-0.3, -0.25) is 5.32 Å².